The minimum absolute atomic E-state index is 0.0570. The Kier molecular flexibility index (Phi) is 7.45. The summed E-state index contributed by atoms with van der Waals surface area (Å²) in [4.78, 5) is 4.84. The molecule has 3 aromatic carbocycles. The lowest BCUT2D eigenvalue weighted by atomic mass is 9.91. The third-order valence-electron chi connectivity index (χ3n) is 8.10. The van der Waals surface area contributed by atoms with Crippen LogP contribution in [0.15, 0.2) is 96.2 Å². The predicted molar refractivity (Wildman–Crippen MR) is 170 cm³/mol. The van der Waals surface area contributed by atoms with Crippen molar-refractivity contribution in [1.82, 2.24) is 13.5 Å². The molecular weight excluding hydrogens is 560 g/mol. The highest BCUT2D eigenvalue weighted by atomic mass is 32.2. The third-order valence-corrected chi connectivity index (χ3v) is 9.82. The molecule has 3 heterocycles. The molecule has 6 aromatic rings. The number of pyridine rings is 1. The van der Waals surface area contributed by atoms with Crippen LogP contribution in [0, 0.1) is 6.92 Å². The van der Waals surface area contributed by atoms with E-state index in [0.29, 0.717) is 35.8 Å². The Balaban J connectivity index is 1.63. The highest BCUT2D eigenvalue weighted by molar-refractivity contribution is 7.90. The molecule has 0 aliphatic heterocycles. The molecule has 3 aromatic heterocycles. The number of fused-ring (bicyclic) bond motifs is 2. The summed E-state index contributed by atoms with van der Waals surface area (Å²) in [6, 6.07) is 24.7. The maximum absolute atomic E-state index is 14.4. The molecule has 0 saturated heterocycles. The minimum Gasteiger partial charge on any atom is -0.493 e. The zero-order valence-corrected chi connectivity index (χ0v) is 25.4. The van der Waals surface area contributed by atoms with E-state index in [1.165, 1.54) is 3.97 Å². The molecule has 1 unspecified atom stereocenters. The summed E-state index contributed by atoms with van der Waals surface area (Å²) in [6.45, 7) is 2.38. The van der Waals surface area contributed by atoms with E-state index in [2.05, 4.69) is 17.1 Å². The van der Waals surface area contributed by atoms with Gasteiger partial charge in [0.15, 0.2) is 17.1 Å². The van der Waals surface area contributed by atoms with Crippen molar-refractivity contribution in [3.05, 3.63) is 108 Å². The Morgan fingerprint density at radius 1 is 0.907 bits per heavy atom. The Labute approximate surface area is 251 Å². The Hall–Kier alpha value is -4.60. The summed E-state index contributed by atoms with van der Waals surface area (Å²) in [5.74, 6) is 1.20. The van der Waals surface area contributed by atoms with Crippen molar-refractivity contribution >= 4 is 32.0 Å². The van der Waals surface area contributed by atoms with E-state index in [-0.39, 0.29) is 10.8 Å². The van der Waals surface area contributed by atoms with Crippen LogP contribution in [0.5, 0.6) is 11.5 Å². The van der Waals surface area contributed by atoms with Gasteiger partial charge in [0.1, 0.15) is 0 Å². The zero-order valence-electron chi connectivity index (χ0n) is 24.6. The average molecular weight is 595 g/mol. The number of aryl methyl sites for hydroxylation is 2. The summed E-state index contributed by atoms with van der Waals surface area (Å²) in [5, 5.41) is 1.59. The molecule has 0 bridgehead atoms. The highest BCUT2D eigenvalue weighted by Crippen LogP contribution is 2.41. The monoisotopic (exact) mass is 594 g/mol. The molecular formula is C34H34N4O4S. The number of nitrogens with two attached hydrogens (primary N) is 1. The fourth-order valence-corrected chi connectivity index (χ4v) is 7.27. The predicted octanol–water partition coefficient (Wildman–Crippen LogP) is 6.04. The number of ether oxygens (including phenoxy) is 2. The Morgan fingerprint density at radius 3 is 2.28 bits per heavy atom. The van der Waals surface area contributed by atoms with E-state index in [1.54, 1.807) is 44.7 Å². The molecule has 9 heteroatoms. The molecule has 0 saturated carbocycles. The van der Waals surface area contributed by atoms with Crippen molar-refractivity contribution in [3.8, 4) is 22.8 Å². The van der Waals surface area contributed by atoms with Crippen LogP contribution in [0.2, 0.25) is 0 Å². The molecule has 0 amide bonds. The molecule has 8 nitrogen and oxygen atoms in total. The van der Waals surface area contributed by atoms with Crippen LogP contribution in [0.3, 0.4) is 0 Å². The van der Waals surface area contributed by atoms with Gasteiger partial charge in [-0.15, -0.1) is 0 Å². The van der Waals surface area contributed by atoms with Crippen LogP contribution in [0.1, 0.15) is 22.6 Å². The smallest absolute Gasteiger partial charge is 0.269 e. The van der Waals surface area contributed by atoms with Gasteiger partial charge in [0.05, 0.1) is 30.3 Å². The van der Waals surface area contributed by atoms with Gasteiger partial charge in [-0.05, 0) is 61.3 Å². The number of nitrogens with zero attached hydrogens (tertiary/aromatic N) is 3. The number of aromatic nitrogens is 3. The van der Waals surface area contributed by atoms with Gasteiger partial charge in [-0.2, -0.15) is 0 Å². The lowest BCUT2D eigenvalue weighted by Crippen LogP contribution is -2.16. The molecule has 0 aliphatic carbocycles. The molecule has 6 rings (SSSR count). The normalized spacial score (nSPS) is 12.6. The standard InChI is InChI=1S/C34H34N4O4S/c1-22-10-12-26(13-11-22)43(39,40)38-31(29-21-37(2)30-19-33(42-4)32(41-3)18-28(29)30)17-27-24(14-15-36-34(27)38)16-25(20-35)23-8-6-5-7-9-23/h5-15,17-19,21,25H,16,20,35H2,1-4H3. The van der Waals surface area contributed by atoms with E-state index in [9.17, 15) is 8.42 Å². The number of hydrogen-bond acceptors (Lipinski definition) is 6. The summed E-state index contributed by atoms with van der Waals surface area (Å²) >= 11 is 0. The van der Waals surface area contributed by atoms with Crippen molar-refractivity contribution in [3.63, 3.8) is 0 Å². The van der Waals surface area contributed by atoms with Gasteiger partial charge in [-0.1, -0.05) is 48.0 Å². The second-order valence-corrected chi connectivity index (χ2v) is 12.5. The van der Waals surface area contributed by atoms with E-state index in [0.717, 1.165) is 38.5 Å². The van der Waals surface area contributed by atoms with E-state index < -0.39 is 10.0 Å². The fourth-order valence-electron chi connectivity index (χ4n) is 5.79. The number of methoxy groups -OCH3 is 2. The van der Waals surface area contributed by atoms with Gasteiger partial charge >= 0.3 is 0 Å². The minimum atomic E-state index is -4.04. The van der Waals surface area contributed by atoms with Gasteiger partial charge in [-0.3, -0.25) is 0 Å². The van der Waals surface area contributed by atoms with Gasteiger partial charge < -0.3 is 19.8 Å². The van der Waals surface area contributed by atoms with Crippen LogP contribution in [-0.4, -0.2) is 42.7 Å². The topological polar surface area (TPSA) is 101 Å². The number of hydrogen-bond donors (Lipinski definition) is 1. The lowest BCUT2D eigenvalue weighted by Gasteiger charge is -2.16. The first-order valence-corrected chi connectivity index (χ1v) is 15.5. The van der Waals surface area contributed by atoms with Crippen molar-refractivity contribution in [1.29, 1.82) is 0 Å². The Bertz CT molecular complexity index is 2050. The van der Waals surface area contributed by atoms with Crippen LogP contribution in [0.4, 0.5) is 0 Å². The van der Waals surface area contributed by atoms with Gasteiger partial charge in [0.2, 0.25) is 0 Å². The SMILES string of the molecule is COc1cc2c(-c3cc4c(CC(CN)c5ccccc5)ccnc4n3S(=O)(=O)c3ccc(C)cc3)cn(C)c2cc1OC. The van der Waals surface area contributed by atoms with Gasteiger partial charge in [0.25, 0.3) is 10.0 Å². The first kappa shape index (κ1) is 28.5. The molecule has 43 heavy (non-hydrogen) atoms. The summed E-state index contributed by atoms with van der Waals surface area (Å²) in [5.41, 5.74) is 11.8. The Morgan fingerprint density at radius 2 is 1.60 bits per heavy atom. The first-order chi connectivity index (χ1) is 20.8. The molecule has 0 radical (unpaired) electrons. The van der Waals surface area contributed by atoms with Crippen LogP contribution in [-0.2, 0) is 23.5 Å². The van der Waals surface area contributed by atoms with Gasteiger partial charge in [-0.25, -0.2) is 17.4 Å². The van der Waals surface area contributed by atoms with E-state index in [4.69, 9.17) is 15.2 Å². The summed E-state index contributed by atoms with van der Waals surface area (Å²) < 4.78 is 43.4. The summed E-state index contributed by atoms with van der Waals surface area (Å²) in [7, 11) is 1.06. The van der Waals surface area contributed by atoms with Gasteiger partial charge in [0, 0.05) is 47.8 Å². The molecule has 220 valence electrons. The van der Waals surface area contributed by atoms with E-state index >= 15 is 0 Å². The lowest BCUT2D eigenvalue weighted by molar-refractivity contribution is 0.355. The third kappa shape index (κ3) is 4.94. The molecule has 1 atom stereocenters. The second-order valence-electron chi connectivity index (χ2n) is 10.7. The quantitative estimate of drug-likeness (QED) is 0.219. The van der Waals surface area contributed by atoms with Crippen molar-refractivity contribution in [2.45, 2.75) is 24.2 Å². The van der Waals surface area contributed by atoms with Crippen LogP contribution < -0.4 is 15.2 Å². The number of benzene rings is 3. The second kappa shape index (κ2) is 11.2. The fraction of sp³-hybridized carbons (Fsp3) is 0.206. The highest BCUT2D eigenvalue weighted by Gasteiger charge is 2.28. The maximum atomic E-state index is 14.4. The maximum Gasteiger partial charge on any atom is 0.269 e. The summed E-state index contributed by atoms with van der Waals surface area (Å²) in [6.07, 6.45) is 4.25. The largest absolute Gasteiger partial charge is 0.493 e. The van der Waals surface area contributed by atoms with Crippen molar-refractivity contribution in [2.24, 2.45) is 12.8 Å². The van der Waals surface area contributed by atoms with Crippen LogP contribution in [0.25, 0.3) is 33.2 Å². The number of rotatable bonds is 9. The molecule has 0 fully saturated rings. The first-order valence-electron chi connectivity index (χ1n) is 14.0. The van der Waals surface area contributed by atoms with Crippen LogP contribution >= 0.6 is 0 Å². The average Bonchev–Trinajstić information content (AvgIpc) is 3.58. The zero-order chi connectivity index (χ0) is 30.3. The van der Waals surface area contributed by atoms with E-state index in [1.807, 2.05) is 67.2 Å². The molecule has 0 aliphatic rings. The van der Waals surface area contributed by atoms with Crippen molar-refractivity contribution < 1.29 is 17.9 Å². The van der Waals surface area contributed by atoms with Crippen molar-refractivity contribution in [2.75, 3.05) is 20.8 Å². The molecule has 0 spiro atoms. The molecule has 2 N–H and O–H groups in total.